The van der Waals surface area contributed by atoms with Gasteiger partial charge in [0.05, 0.1) is 16.8 Å². The van der Waals surface area contributed by atoms with E-state index in [9.17, 15) is 9.59 Å². The molecule has 0 bridgehead atoms. The van der Waals surface area contributed by atoms with Gasteiger partial charge in [-0.25, -0.2) is 4.98 Å². The molecule has 4 rings (SSSR count). The lowest BCUT2D eigenvalue weighted by Gasteiger charge is -2.31. The van der Waals surface area contributed by atoms with Gasteiger partial charge >= 0.3 is 5.97 Å². The highest BCUT2D eigenvalue weighted by atomic mass is 79.9. The highest BCUT2D eigenvalue weighted by Gasteiger charge is 2.29. The zero-order valence-electron chi connectivity index (χ0n) is 23.9. The van der Waals surface area contributed by atoms with Crippen molar-refractivity contribution >= 4 is 38.7 Å². The van der Waals surface area contributed by atoms with Crippen molar-refractivity contribution in [3.05, 3.63) is 100 Å². The minimum absolute atomic E-state index is 0.144. The average molecular weight is 602 g/mol. The number of rotatable bonds is 9. The van der Waals surface area contributed by atoms with Crippen LogP contribution in [0.2, 0.25) is 0 Å². The van der Waals surface area contributed by atoms with Gasteiger partial charge in [-0.15, -0.1) is 0 Å². The molecule has 1 N–H and O–H groups in total. The fraction of sp³-hybridized carbons (Fsp3) is 0.324. The summed E-state index contributed by atoms with van der Waals surface area (Å²) in [5.74, 6) is -0.348. The number of amides is 1. The first-order valence-electron chi connectivity index (χ1n) is 13.7. The molecule has 4 aromatic rings. The summed E-state index contributed by atoms with van der Waals surface area (Å²) in [7, 11) is 0. The summed E-state index contributed by atoms with van der Waals surface area (Å²) in [6.45, 7) is 10.1. The zero-order chi connectivity index (χ0) is 28.9. The van der Waals surface area contributed by atoms with Crippen molar-refractivity contribution in [2.45, 2.75) is 64.9 Å². The predicted octanol–water partition coefficient (Wildman–Crippen LogP) is 8.17. The van der Waals surface area contributed by atoms with Crippen LogP contribution < -0.4 is 5.32 Å². The van der Waals surface area contributed by atoms with Crippen molar-refractivity contribution in [2.24, 2.45) is 0 Å². The number of nitrogens with one attached hydrogen (secondary N) is 1. The Morgan fingerprint density at radius 3 is 2.23 bits per heavy atom. The first-order chi connectivity index (χ1) is 19.0. The van der Waals surface area contributed by atoms with Crippen LogP contribution in [0.4, 0.5) is 0 Å². The minimum Gasteiger partial charge on any atom is -0.460 e. The number of ether oxygens (including phenoxy) is 1. The molecule has 1 amide bonds. The summed E-state index contributed by atoms with van der Waals surface area (Å²) in [4.78, 5) is 31.3. The minimum atomic E-state index is -0.507. The van der Waals surface area contributed by atoms with Crippen LogP contribution in [0.25, 0.3) is 22.2 Å². The number of nitrogens with zero attached hydrogens (tertiary/aromatic N) is 1. The Hall–Kier alpha value is -3.51. The van der Waals surface area contributed by atoms with E-state index in [0.717, 1.165) is 37.8 Å². The largest absolute Gasteiger partial charge is 0.460 e. The van der Waals surface area contributed by atoms with Gasteiger partial charge in [0, 0.05) is 33.8 Å². The maximum atomic E-state index is 14.0. The van der Waals surface area contributed by atoms with E-state index >= 15 is 0 Å². The van der Waals surface area contributed by atoms with Crippen molar-refractivity contribution in [3.63, 3.8) is 0 Å². The smallest absolute Gasteiger partial charge is 0.306 e. The Bertz CT molecular complexity index is 1500. The molecule has 5 nitrogen and oxygen atoms in total. The Morgan fingerprint density at radius 1 is 0.925 bits per heavy atom. The summed E-state index contributed by atoms with van der Waals surface area (Å²) in [5.41, 5.74) is 4.21. The number of halogens is 1. The Labute approximate surface area is 245 Å². The van der Waals surface area contributed by atoms with E-state index in [2.05, 4.69) is 40.3 Å². The number of fused-ring (bicyclic) bond motifs is 1. The molecule has 208 valence electrons. The lowest BCUT2D eigenvalue weighted by Crippen LogP contribution is -2.39. The van der Waals surface area contributed by atoms with Crippen molar-refractivity contribution < 1.29 is 14.3 Å². The van der Waals surface area contributed by atoms with Crippen LogP contribution in [0, 0.1) is 6.92 Å². The van der Waals surface area contributed by atoms with Gasteiger partial charge in [-0.3, -0.25) is 9.59 Å². The molecule has 3 aromatic carbocycles. The van der Waals surface area contributed by atoms with Gasteiger partial charge in [0.1, 0.15) is 5.60 Å². The highest BCUT2D eigenvalue weighted by Crippen LogP contribution is 2.33. The third-order valence-electron chi connectivity index (χ3n) is 7.10. The predicted molar refractivity (Wildman–Crippen MR) is 165 cm³/mol. The summed E-state index contributed by atoms with van der Waals surface area (Å²) in [6.07, 6.45) is 1.70. The van der Waals surface area contributed by atoms with Crippen molar-refractivity contribution in [3.8, 4) is 11.3 Å². The molecule has 0 radical (unpaired) electrons. The third kappa shape index (κ3) is 7.16. The van der Waals surface area contributed by atoms with Crippen LogP contribution in [0.1, 0.15) is 68.4 Å². The number of carbonyl (C=O) groups excluding carboxylic acids is 2. The van der Waals surface area contributed by atoms with Crippen molar-refractivity contribution in [1.82, 2.24) is 10.3 Å². The van der Waals surface area contributed by atoms with Crippen LogP contribution in [0.15, 0.2) is 83.3 Å². The standard InChI is InChI=1S/C34H37BrN2O3/c1-23-30(27-21-26(35)18-19-28(27)37-31(23)24-13-8-6-9-14-24)32(39)36-22-34(5,25-15-10-7-11-16-25)20-12-17-29(38)40-33(2,3)4/h6-11,13-16,18-19,21H,12,17,20,22H2,1-5H3,(H,36,39). The molecule has 1 aromatic heterocycles. The van der Waals surface area contributed by atoms with E-state index in [0.29, 0.717) is 31.4 Å². The molecular weight excluding hydrogens is 564 g/mol. The summed E-state index contributed by atoms with van der Waals surface area (Å²) in [5, 5.41) is 4.05. The normalized spacial score (nSPS) is 13.1. The number of carbonyl (C=O) groups is 2. The van der Waals surface area contributed by atoms with Gasteiger partial charge in [-0.05, 0) is 69.9 Å². The van der Waals surface area contributed by atoms with Crippen LogP contribution in [-0.4, -0.2) is 29.0 Å². The fourth-order valence-corrected chi connectivity index (χ4v) is 5.42. The number of hydrogen-bond donors (Lipinski definition) is 1. The molecule has 1 atom stereocenters. The quantitative estimate of drug-likeness (QED) is 0.197. The number of aromatic nitrogens is 1. The van der Waals surface area contributed by atoms with Crippen LogP contribution >= 0.6 is 15.9 Å². The Balaban J connectivity index is 1.63. The summed E-state index contributed by atoms with van der Waals surface area (Å²) >= 11 is 3.57. The lowest BCUT2D eigenvalue weighted by atomic mass is 9.78. The molecule has 6 heteroatoms. The second-order valence-electron chi connectivity index (χ2n) is 11.5. The van der Waals surface area contributed by atoms with Gasteiger partial charge < -0.3 is 10.1 Å². The summed E-state index contributed by atoms with van der Waals surface area (Å²) in [6, 6.07) is 25.9. The molecular formula is C34H37BrN2O3. The maximum absolute atomic E-state index is 14.0. The molecule has 0 aliphatic rings. The summed E-state index contributed by atoms with van der Waals surface area (Å²) < 4.78 is 6.40. The van der Waals surface area contributed by atoms with Gasteiger partial charge in [0.2, 0.25) is 0 Å². The molecule has 0 spiro atoms. The lowest BCUT2D eigenvalue weighted by molar-refractivity contribution is -0.155. The maximum Gasteiger partial charge on any atom is 0.306 e. The molecule has 0 fully saturated rings. The van der Waals surface area contributed by atoms with E-state index in [1.807, 2.05) is 94.4 Å². The van der Waals surface area contributed by atoms with E-state index in [1.54, 1.807) is 0 Å². The van der Waals surface area contributed by atoms with Crippen LogP contribution in [0.5, 0.6) is 0 Å². The van der Waals surface area contributed by atoms with Crippen molar-refractivity contribution in [2.75, 3.05) is 6.54 Å². The van der Waals surface area contributed by atoms with E-state index in [4.69, 9.17) is 9.72 Å². The first kappa shape index (κ1) is 29.5. The third-order valence-corrected chi connectivity index (χ3v) is 7.60. The second kappa shape index (κ2) is 12.3. The Morgan fingerprint density at radius 2 is 1.57 bits per heavy atom. The molecule has 0 aliphatic heterocycles. The zero-order valence-corrected chi connectivity index (χ0v) is 25.5. The number of benzene rings is 3. The molecule has 0 saturated heterocycles. The van der Waals surface area contributed by atoms with E-state index in [-0.39, 0.29) is 17.3 Å². The number of pyridine rings is 1. The van der Waals surface area contributed by atoms with Crippen molar-refractivity contribution in [1.29, 1.82) is 0 Å². The van der Waals surface area contributed by atoms with Gasteiger partial charge in [-0.2, -0.15) is 0 Å². The topological polar surface area (TPSA) is 68.3 Å². The van der Waals surface area contributed by atoms with Gasteiger partial charge in [0.25, 0.3) is 5.91 Å². The average Bonchev–Trinajstić information content (AvgIpc) is 2.91. The molecule has 0 aliphatic carbocycles. The number of esters is 1. The molecule has 40 heavy (non-hydrogen) atoms. The first-order valence-corrected chi connectivity index (χ1v) is 14.5. The Kier molecular flexibility index (Phi) is 9.09. The van der Waals surface area contributed by atoms with Crippen LogP contribution in [-0.2, 0) is 14.9 Å². The SMILES string of the molecule is Cc1c(-c2ccccc2)nc2ccc(Br)cc2c1C(=O)NCC(C)(CCCC(=O)OC(C)(C)C)c1ccccc1. The monoisotopic (exact) mass is 600 g/mol. The fourth-order valence-electron chi connectivity index (χ4n) is 5.05. The molecule has 0 saturated carbocycles. The highest BCUT2D eigenvalue weighted by molar-refractivity contribution is 9.10. The van der Waals surface area contributed by atoms with E-state index in [1.165, 1.54) is 0 Å². The number of hydrogen-bond acceptors (Lipinski definition) is 4. The van der Waals surface area contributed by atoms with Gasteiger partial charge in [0.15, 0.2) is 0 Å². The van der Waals surface area contributed by atoms with Gasteiger partial charge in [-0.1, -0.05) is 83.5 Å². The molecule has 1 heterocycles. The molecule has 1 unspecified atom stereocenters. The van der Waals surface area contributed by atoms with E-state index < -0.39 is 5.60 Å². The van der Waals surface area contributed by atoms with Crippen LogP contribution in [0.3, 0.4) is 0 Å². The second-order valence-corrected chi connectivity index (χ2v) is 12.5.